The van der Waals surface area contributed by atoms with Gasteiger partial charge in [0.1, 0.15) is 0 Å². The number of halogens is 3. The van der Waals surface area contributed by atoms with E-state index >= 15 is 0 Å². The van der Waals surface area contributed by atoms with E-state index in [0.717, 1.165) is 17.8 Å². The summed E-state index contributed by atoms with van der Waals surface area (Å²) in [6, 6.07) is 13.7. The second-order valence-electron chi connectivity index (χ2n) is 8.41. The molecule has 174 valence electrons. The summed E-state index contributed by atoms with van der Waals surface area (Å²) in [4.78, 5) is 40.8. The van der Waals surface area contributed by atoms with Gasteiger partial charge in [-0.25, -0.2) is 0 Å². The van der Waals surface area contributed by atoms with Gasteiger partial charge < -0.3 is 15.1 Å². The van der Waals surface area contributed by atoms with Crippen LogP contribution in [0.4, 0.5) is 24.5 Å². The number of hydrogen-bond acceptors (Lipinski definition) is 3. The molecule has 2 aliphatic heterocycles. The number of rotatable bonds is 4. The lowest BCUT2D eigenvalue weighted by atomic mass is 9.94. The van der Waals surface area contributed by atoms with Gasteiger partial charge in [0.2, 0.25) is 17.7 Å². The van der Waals surface area contributed by atoms with Gasteiger partial charge in [0.05, 0.1) is 11.5 Å². The van der Waals surface area contributed by atoms with Crippen molar-refractivity contribution >= 4 is 29.1 Å². The van der Waals surface area contributed by atoms with Crippen molar-refractivity contribution in [3.63, 3.8) is 0 Å². The van der Waals surface area contributed by atoms with Crippen LogP contribution in [-0.2, 0) is 20.6 Å². The summed E-state index contributed by atoms with van der Waals surface area (Å²) in [6.45, 7) is 0.854. The molecule has 0 radical (unpaired) electrons. The van der Waals surface area contributed by atoms with Gasteiger partial charge in [0, 0.05) is 43.3 Å². The summed E-state index contributed by atoms with van der Waals surface area (Å²) < 4.78 is 39.1. The number of likely N-dealkylation sites (tertiary alicyclic amines) is 1. The SMILES string of the molecule is O=C(Nc1ccccc1)C1CCN(C(=O)C2CC(=O)N(c3cccc(C(F)(F)F)c3)C2)CC1. The van der Waals surface area contributed by atoms with E-state index in [1.54, 1.807) is 4.90 Å². The molecule has 9 heteroatoms. The first kappa shape index (κ1) is 22.8. The largest absolute Gasteiger partial charge is 0.416 e. The molecule has 0 aliphatic carbocycles. The molecule has 2 aromatic rings. The number of anilines is 2. The number of carbonyl (C=O) groups is 3. The Labute approximate surface area is 189 Å². The van der Waals surface area contributed by atoms with E-state index in [0.29, 0.717) is 25.9 Å². The Balaban J connectivity index is 1.33. The predicted molar refractivity (Wildman–Crippen MR) is 116 cm³/mol. The van der Waals surface area contributed by atoms with Crippen molar-refractivity contribution in [2.75, 3.05) is 29.9 Å². The van der Waals surface area contributed by atoms with Gasteiger partial charge in [-0.15, -0.1) is 0 Å². The Bertz CT molecular complexity index is 1030. The van der Waals surface area contributed by atoms with E-state index in [-0.39, 0.29) is 42.3 Å². The van der Waals surface area contributed by atoms with E-state index in [1.807, 2.05) is 30.3 Å². The second-order valence-corrected chi connectivity index (χ2v) is 8.41. The lowest BCUT2D eigenvalue weighted by Gasteiger charge is -2.33. The normalized spacial score (nSPS) is 19.6. The maximum absolute atomic E-state index is 13.0. The van der Waals surface area contributed by atoms with Gasteiger partial charge in [-0.1, -0.05) is 24.3 Å². The fourth-order valence-corrected chi connectivity index (χ4v) is 4.36. The molecule has 4 rings (SSSR count). The molecule has 2 aromatic carbocycles. The molecular formula is C24H24F3N3O3. The van der Waals surface area contributed by atoms with E-state index in [9.17, 15) is 27.6 Å². The molecule has 33 heavy (non-hydrogen) atoms. The smallest absolute Gasteiger partial charge is 0.342 e. The molecule has 2 heterocycles. The minimum Gasteiger partial charge on any atom is -0.342 e. The third kappa shape index (κ3) is 5.18. The van der Waals surface area contributed by atoms with Crippen LogP contribution in [0.3, 0.4) is 0 Å². The van der Waals surface area contributed by atoms with E-state index in [1.165, 1.54) is 17.0 Å². The number of para-hydroxylation sites is 1. The lowest BCUT2D eigenvalue weighted by molar-refractivity contribution is -0.138. The number of carbonyl (C=O) groups excluding carboxylic acids is 3. The average Bonchev–Trinajstić information content (AvgIpc) is 3.20. The third-order valence-electron chi connectivity index (χ3n) is 6.18. The summed E-state index contributed by atoms with van der Waals surface area (Å²) in [5, 5.41) is 2.88. The summed E-state index contributed by atoms with van der Waals surface area (Å²) >= 11 is 0. The van der Waals surface area contributed by atoms with E-state index < -0.39 is 17.7 Å². The van der Waals surface area contributed by atoms with Gasteiger partial charge in [0.25, 0.3) is 0 Å². The Morgan fingerprint density at radius 1 is 0.939 bits per heavy atom. The van der Waals surface area contributed by atoms with Gasteiger partial charge in [0.15, 0.2) is 0 Å². The molecule has 1 unspecified atom stereocenters. The molecule has 2 fully saturated rings. The Morgan fingerprint density at radius 3 is 2.30 bits per heavy atom. The van der Waals surface area contributed by atoms with Crippen molar-refractivity contribution in [2.24, 2.45) is 11.8 Å². The Kier molecular flexibility index (Phi) is 6.40. The van der Waals surface area contributed by atoms with Crippen molar-refractivity contribution in [2.45, 2.75) is 25.4 Å². The van der Waals surface area contributed by atoms with Crippen LogP contribution in [0.1, 0.15) is 24.8 Å². The molecule has 1 N–H and O–H groups in total. The highest BCUT2D eigenvalue weighted by atomic mass is 19.4. The van der Waals surface area contributed by atoms with Crippen LogP contribution in [0, 0.1) is 11.8 Å². The standard InChI is InChI=1S/C24H24F3N3O3/c25-24(26,27)18-5-4-8-20(14-18)30-15-17(13-21(30)31)23(33)29-11-9-16(10-12-29)22(32)28-19-6-2-1-3-7-19/h1-8,14,16-17H,9-13,15H2,(H,28,32). The molecule has 1 atom stereocenters. The van der Waals surface area contributed by atoms with Crippen molar-refractivity contribution < 1.29 is 27.6 Å². The summed E-state index contributed by atoms with van der Waals surface area (Å²) in [7, 11) is 0. The summed E-state index contributed by atoms with van der Waals surface area (Å²) in [5.74, 6) is -1.47. The number of nitrogens with zero attached hydrogens (tertiary/aromatic N) is 2. The zero-order valence-electron chi connectivity index (χ0n) is 17.8. The van der Waals surface area contributed by atoms with Crippen LogP contribution in [0.5, 0.6) is 0 Å². The number of piperidine rings is 1. The minimum absolute atomic E-state index is 0.0382. The fourth-order valence-electron chi connectivity index (χ4n) is 4.36. The quantitative estimate of drug-likeness (QED) is 0.753. The van der Waals surface area contributed by atoms with Crippen LogP contribution in [0.2, 0.25) is 0 Å². The van der Waals surface area contributed by atoms with Crippen molar-refractivity contribution in [1.82, 2.24) is 4.90 Å². The second kappa shape index (κ2) is 9.25. The highest BCUT2D eigenvalue weighted by molar-refractivity contribution is 6.00. The third-order valence-corrected chi connectivity index (χ3v) is 6.18. The van der Waals surface area contributed by atoms with Crippen LogP contribution >= 0.6 is 0 Å². The average molecular weight is 459 g/mol. The van der Waals surface area contributed by atoms with Crippen molar-refractivity contribution in [1.29, 1.82) is 0 Å². The molecular weight excluding hydrogens is 435 g/mol. The molecule has 2 aliphatic rings. The molecule has 3 amide bonds. The molecule has 0 spiro atoms. The molecule has 0 saturated carbocycles. The van der Waals surface area contributed by atoms with Crippen LogP contribution < -0.4 is 10.2 Å². The van der Waals surface area contributed by atoms with Crippen LogP contribution in [0.25, 0.3) is 0 Å². The predicted octanol–water partition coefficient (Wildman–Crippen LogP) is 3.94. The molecule has 0 aromatic heterocycles. The molecule has 2 saturated heterocycles. The van der Waals surface area contributed by atoms with Gasteiger partial charge in [-0.05, 0) is 43.2 Å². The maximum Gasteiger partial charge on any atom is 0.416 e. The van der Waals surface area contributed by atoms with E-state index in [4.69, 9.17) is 0 Å². The van der Waals surface area contributed by atoms with Crippen molar-refractivity contribution in [3.8, 4) is 0 Å². The van der Waals surface area contributed by atoms with Gasteiger partial charge in [-0.2, -0.15) is 13.2 Å². The Morgan fingerprint density at radius 2 is 1.64 bits per heavy atom. The maximum atomic E-state index is 13.0. The Hall–Kier alpha value is -3.36. The zero-order chi connectivity index (χ0) is 23.6. The number of amides is 3. The first-order valence-electron chi connectivity index (χ1n) is 10.8. The molecule has 0 bridgehead atoms. The van der Waals surface area contributed by atoms with Crippen molar-refractivity contribution in [3.05, 3.63) is 60.2 Å². The fraction of sp³-hybridized carbons (Fsp3) is 0.375. The van der Waals surface area contributed by atoms with E-state index in [2.05, 4.69) is 5.32 Å². The zero-order valence-corrected chi connectivity index (χ0v) is 17.8. The highest BCUT2D eigenvalue weighted by Gasteiger charge is 2.39. The van der Waals surface area contributed by atoms with Gasteiger partial charge >= 0.3 is 6.18 Å². The van der Waals surface area contributed by atoms with Crippen LogP contribution in [0.15, 0.2) is 54.6 Å². The first-order valence-corrected chi connectivity index (χ1v) is 10.8. The highest BCUT2D eigenvalue weighted by Crippen LogP contribution is 2.34. The van der Waals surface area contributed by atoms with Crippen LogP contribution in [-0.4, -0.2) is 42.3 Å². The summed E-state index contributed by atoms with van der Waals surface area (Å²) in [5.41, 5.74) is 0.0278. The number of hydrogen-bond donors (Lipinski definition) is 1. The number of benzene rings is 2. The molecule has 6 nitrogen and oxygen atoms in total. The minimum atomic E-state index is -4.51. The van der Waals surface area contributed by atoms with Gasteiger partial charge in [-0.3, -0.25) is 14.4 Å². The topological polar surface area (TPSA) is 69.7 Å². The monoisotopic (exact) mass is 459 g/mol. The lowest BCUT2D eigenvalue weighted by Crippen LogP contribution is -2.44. The summed E-state index contributed by atoms with van der Waals surface area (Å²) in [6.07, 6.45) is -3.51. The first-order chi connectivity index (χ1) is 15.7. The number of nitrogens with one attached hydrogen (secondary N) is 1. The number of alkyl halides is 3.